The zero-order valence-electron chi connectivity index (χ0n) is 24.9. The molecule has 1 saturated heterocycles. The van der Waals surface area contributed by atoms with Crippen molar-refractivity contribution in [3.8, 4) is 22.6 Å². The van der Waals surface area contributed by atoms with Crippen LogP contribution in [0.2, 0.25) is 5.02 Å². The van der Waals surface area contributed by atoms with E-state index in [0.717, 1.165) is 19.6 Å². The van der Waals surface area contributed by atoms with Gasteiger partial charge in [0.15, 0.2) is 0 Å². The van der Waals surface area contributed by atoms with Gasteiger partial charge in [-0.05, 0) is 31.2 Å². The molecule has 1 aromatic carbocycles. The predicted molar refractivity (Wildman–Crippen MR) is 166 cm³/mol. The van der Waals surface area contributed by atoms with Crippen LogP contribution in [0.15, 0.2) is 41.8 Å². The van der Waals surface area contributed by atoms with E-state index < -0.39 is 0 Å². The van der Waals surface area contributed by atoms with E-state index >= 15 is 0 Å². The van der Waals surface area contributed by atoms with Gasteiger partial charge in [0.1, 0.15) is 17.1 Å². The minimum atomic E-state index is -0.237. The molecule has 0 radical (unpaired) electrons. The molecule has 0 spiro atoms. The molecule has 4 rings (SSSR count). The Morgan fingerprint density at radius 3 is 2.53 bits per heavy atom. The molecule has 0 saturated carbocycles. The van der Waals surface area contributed by atoms with Crippen molar-refractivity contribution >= 4 is 34.5 Å². The summed E-state index contributed by atoms with van der Waals surface area (Å²) in [6, 6.07) is 5.15. The number of nitrogens with one attached hydrogen (secondary N) is 1. The summed E-state index contributed by atoms with van der Waals surface area (Å²) < 4.78 is 23.1. The van der Waals surface area contributed by atoms with Crippen LogP contribution in [-0.4, -0.2) is 111 Å². The summed E-state index contributed by atoms with van der Waals surface area (Å²) in [5.74, 6) is 1.26. The number of rotatable bonds is 15. The zero-order chi connectivity index (χ0) is 30.8. The largest absolute Gasteiger partial charge is 0.497 e. The number of ether oxygens (including phenoxy) is 4. The average Bonchev–Trinajstić information content (AvgIpc) is 3.03. The van der Waals surface area contributed by atoms with Crippen molar-refractivity contribution < 1.29 is 23.7 Å². The van der Waals surface area contributed by atoms with E-state index in [-0.39, 0.29) is 11.5 Å². The molecule has 0 bridgehead atoms. The second-order valence-electron chi connectivity index (χ2n) is 9.94. The van der Waals surface area contributed by atoms with Crippen molar-refractivity contribution in [2.45, 2.75) is 13.0 Å². The smallest absolute Gasteiger partial charge is 0.260 e. The number of amides is 1. The molecule has 1 N–H and O–H groups in total. The van der Waals surface area contributed by atoms with Gasteiger partial charge in [-0.2, -0.15) is 4.98 Å². The normalized spacial score (nSPS) is 13.7. The molecule has 0 aliphatic carbocycles. The highest BCUT2D eigenvalue weighted by atomic mass is 35.5. The standard InChI is InChI=1S/C30H39ClN6O6/c1-5-26(38)36-12-10-35(11-13-36)8-6-9-37-28-21(20-33-30(34-28)32-7-14-43-16-15-40-2)17-24(29(37)39)23-18-22(41-3)19-25(42-4)27(23)31/h5,17-20H,1,6-16H2,2-4H3,(H,32,33,34). The highest BCUT2D eigenvalue weighted by molar-refractivity contribution is 6.35. The Kier molecular flexibility index (Phi) is 11.7. The van der Waals surface area contributed by atoms with Gasteiger partial charge in [-0.25, -0.2) is 4.98 Å². The number of nitrogens with zero attached hydrogens (tertiary/aromatic N) is 5. The van der Waals surface area contributed by atoms with Crippen molar-refractivity contribution in [2.24, 2.45) is 0 Å². The van der Waals surface area contributed by atoms with Gasteiger partial charge in [-0.3, -0.25) is 19.1 Å². The Morgan fingerprint density at radius 1 is 1.05 bits per heavy atom. The maximum Gasteiger partial charge on any atom is 0.260 e. The third-order valence-corrected chi connectivity index (χ3v) is 7.65. The lowest BCUT2D eigenvalue weighted by atomic mass is 10.0. The number of carbonyl (C=O) groups excluding carboxylic acids is 1. The van der Waals surface area contributed by atoms with Crippen LogP contribution in [0.4, 0.5) is 5.95 Å². The lowest BCUT2D eigenvalue weighted by Gasteiger charge is -2.34. The third-order valence-electron chi connectivity index (χ3n) is 7.26. The molecule has 1 amide bonds. The molecule has 2 aromatic heterocycles. The first-order valence-corrected chi connectivity index (χ1v) is 14.5. The maximum atomic E-state index is 14.1. The molecule has 1 aliphatic heterocycles. The maximum absolute atomic E-state index is 14.1. The van der Waals surface area contributed by atoms with Crippen LogP contribution in [0, 0.1) is 0 Å². The van der Waals surface area contributed by atoms with Crippen molar-refractivity contribution in [1.82, 2.24) is 24.3 Å². The fourth-order valence-corrected chi connectivity index (χ4v) is 5.22. The molecule has 12 nitrogen and oxygen atoms in total. The second kappa shape index (κ2) is 15.7. The summed E-state index contributed by atoms with van der Waals surface area (Å²) in [7, 11) is 4.69. The van der Waals surface area contributed by atoms with Gasteiger partial charge in [0.25, 0.3) is 5.56 Å². The minimum absolute atomic E-state index is 0.0482. The first-order valence-electron chi connectivity index (χ1n) is 14.2. The van der Waals surface area contributed by atoms with E-state index in [1.165, 1.54) is 13.2 Å². The van der Waals surface area contributed by atoms with Gasteiger partial charge in [-0.15, -0.1) is 0 Å². The summed E-state index contributed by atoms with van der Waals surface area (Å²) in [5.41, 5.74) is 1.16. The monoisotopic (exact) mass is 614 g/mol. The third kappa shape index (κ3) is 8.02. The highest BCUT2D eigenvalue weighted by Crippen LogP contribution is 2.38. The lowest BCUT2D eigenvalue weighted by molar-refractivity contribution is -0.127. The summed E-state index contributed by atoms with van der Waals surface area (Å²) >= 11 is 6.70. The number of fused-ring (bicyclic) bond motifs is 1. The summed E-state index contributed by atoms with van der Waals surface area (Å²) in [6.07, 6.45) is 3.74. The number of hydrogen-bond donors (Lipinski definition) is 1. The summed E-state index contributed by atoms with van der Waals surface area (Å²) in [5, 5.41) is 4.16. The molecule has 0 atom stereocenters. The van der Waals surface area contributed by atoms with Gasteiger partial charge in [0, 0.05) is 75.2 Å². The highest BCUT2D eigenvalue weighted by Gasteiger charge is 2.21. The Bertz CT molecular complexity index is 1470. The van der Waals surface area contributed by atoms with Crippen molar-refractivity contribution in [1.29, 1.82) is 0 Å². The summed E-state index contributed by atoms with van der Waals surface area (Å²) in [6.45, 7) is 9.55. The van der Waals surface area contributed by atoms with Crippen molar-refractivity contribution in [3.63, 3.8) is 0 Å². The number of aryl methyl sites for hydroxylation is 1. The number of piperazine rings is 1. The molecule has 3 aromatic rings. The van der Waals surface area contributed by atoms with Gasteiger partial charge in [0.05, 0.1) is 39.1 Å². The molecule has 0 unspecified atom stereocenters. The van der Waals surface area contributed by atoms with Crippen LogP contribution in [0.25, 0.3) is 22.2 Å². The molecular formula is C30H39ClN6O6. The fourth-order valence-electron chi connectivity index (χ4n) is 4.93. The quantitative estimate of drug-likeness (QED) is 0.202. The van der Waals surface area contributed by atoms with E-state index in [1.54, 1.807) is 48.1 Å². The average molecular weight is 615 g/mol. The van der Waals surface area contributed by atoms with Gasteiger partial charge in [0.2, 0.25) is 11.9 Å². The first-order chi connectivity index (χ1) is 20.9. The number of pyridine rings is 1. The van der Waals surface area contributed by atoms with Crippen LogP contribution in [-0.2, 0) is 20.8 Å². The molecule has 3 heterocycles. The Morgan fingerprint density at radius 2 is 1.84 bits per heavy atom. The summed E-state index contributed by atoms with van der Waals surface area (Å²) in [4.78, 5) is 39.3. The van der Waals surface area contributed by atoms with E-state index in [4.69, 9.17) is 35.5 Å². The van der Waals surface area contributed by atoms with Gasteiger partial charge >= 0.3 is 0 Å². The Labute approximate surface area is 256 Å². The van der Waals surface area contributed by atoms with Crippen LogP contribution in [0.3, 0.4) is 0 Å². The number of carbonyl (C=O) groups is 1. The minimum Gasteiger partial charge on any atom is -0.497 e. The molecule has 13 heteroatoms. The zero-order valence-corrected chi connectivity index (χ0v) is 25.7. The lowest BCUT2D eigenvalue weighted by Crippen LogP contribution is -2.48. The molecule has 232 valence electrons. The number of halogens is 1. The number of anilines is 1. The topological polar surface area (TPSA) is 120 Å². The number of methoxy groups -OCH3 is 3. The van der Waals surface area contributed by atoms with Crippen molar-refractivity contribution in [2.75, 3.05) is 85.7 Å². The SMILES string of the molecule is C=CC(=O)N1CCN(CCCn2c(=O)c(-c3cc(OC)cc(OC)c3Cl)cc3cnc(NCCOCCOC)nc32)CC1. The first kappa shape index (κ1) is 32.2. The van der Waals surface area contributed by atoms with Crippen LogP contribution in [0.1, 0.15) is 6.42 Å². The van der Waals surface area contributed by atoms with E-state index in [9.17, 15) is 9.59 Å². The van der Waals surface area contributed by atoms with E-state index in [2.05, 4.69) is 21.8 Å². The molecular weight excluding hydrogens is 576 g/mol. The number of benzene rings is 1. The van der Waals surface area contributed by atoms with Gasteiger partial charge < -0.3 is 29.2 Å². The molecule has 1 aliphatic rings. The van der Waals surface area contributed by atoms with Crippen LogP contribution < -0.4 is 20.3 Å². The van der Waals surface area contributed by atoms with Crippen molar-refractivity contribution in [3.05, 3.63) is 52.4 Å². The Hall–Kier alpha value is -3.71. The predicted octanol–water partition coefficient (Wildman–Crippen LogP) is 2.92. The molecule has 43 heavy (non-hydrogen) atoms. The van der Waals surface area contributed by atoms with Crippen LogP contribution >= 0.6 is 11.6 Å². The Balaban J connectivity index is 1.62. The van der Waals surface area contributed by atoms with Gasteiger partial charge in [-0.1, -0.05) is 18.2 Å². The molecule has 1 fully saturated rings. The second-order valence-corrected chi connectivity index (χ2v) is 10.3. The number of hydrogen-bond acceptors (Lipinski definition) is 10. The van der Waals surface area contributed by atoms with E-state index in [1.807, 2.05) is 0 Å². The van der Waals surface area contributed by atoms with E-state index in [0.29, 0.717) is 97.1 Å². The number of aromatic nitrogens is 3. The van der Waals surface area contributed by atoms with Crippen LogP contribution in [0.5, 0.6) is 11.5 Å². The fraction of sp³-hybridized carbons (Fsp3) is 0.467.